The van der Waals surface area contributed by atoms with Gasteiger partial charge in [0, 0.05) is 30.5 Å². The van der Waals surface area contributed by atoms with Crippen LogP contribution in [0, 0.1) is 23.7 Å². The van der Waals surface area contributed by atoms with Gasteiger partial charge in [-0.3, -0.25) is 14.2 Å². The Morgan fingerprint density at radius 1 is 0.797 bits per heavy atom. The lowest BCUT2D eigenvalue weighted by Gasteiger charge is -2.60. The summed E-state index contributed by atoms with van der Waals surface area (Å²) in [5.74, 6) is -0.639. The third-order valence-corrected chi connectivity index (χ3v) is 14.6. The molecule has 4 aliphatic heterocycles. The molecule has 3 aromatic rings. The first-order chi connectivity index (χ1) is 30.8. The largest absolute Gasteiger partial charge is 0.445 e. The molecule has 1 aliphatic carbocycles. The maximum Gasteiger partial charge on any atom is 0.408 e. The molecule has 5 fully saturated rings. The van der Waals surface area contributed by atoms with Crippen molar-refractivity contribution in [3.05, 3.63) is 120 Å². The Labute approximate surface area is 375 Å². The summed E-state index contributed by atoms with van der Waals surface area (Å²) in [5, 5.41) is 8.62. The molecule has 4 heterocycles. The van der Waals surface area contributed by atoms with Gasteiger partial charge in [0.05, 0.1) is 25.9 Å². The second-order valence-electron chi connectivity index (χ2n) is 17.2. The topological polar surface area (TPSA) is 178 Å². The van der Waals surface area contributed by atoms with E-state index in [1.54, 1.807) is 19.9 Å². The fraction of sp³-hybridized carbons (Fsp3) is 0.521. The first-order valence-corrected chi connectivity index (χ1v) is 24.0. The Hall–Kier alpha value is -4.44. The molecule has 16 heteroatoms. The van der Waals surface area contributed by atoms with Gasteiger partial charge in [-0.25, -0.2) is 14.6 Å². The van der Waals surface area contributed by atoms with E-state index in [2.05, 4.69) is 22.9 Å². The van der Waals surface area contributed by atoms with Crippen LogP contribution in [0.1, 0.15) is 83.0 Å². The minimum Gasteiger partial charge on any atom is -0.445 e. The number of rotatable bonds is 19. The maximum absolute atomic E-state index is 14.6. The van der Waals surface area contributed by atoms with E-state index in [1.807, 2.05) is 105 Å². The van der Waals surface area contributed by atoms with Crippen molar-refractivity contribution >= 4 is 25.5 Å². The molecule has 5 aliphatic rings. The average molecular weight is 904 g/mol. The van der Waals surface area contributed by atoms with Crippen LogP contribution in [0.4, 0.5) is 4.79 Å². The Morgan fingerprint density at radius 2 is 1.44 bits per heavy atom. The van der Waals surface area contributed by atoms with E-state index in [0.717, 1.165) is 30.4 Å². The maximum atomic E-state index is 14.6. The van der Waals surface area contributed by atoms with Gasteiger partial charge in [-0.15, -0.1) is 0 Å². The molecule has 8 rings (SSSR count). The van der Waals surface area contributed by atoms with Crippen LogP contribution in [0.15, 0.2) is 103 Å². The van der Waals surface area contributed by atoms with Crippen LogP contribution in [0.25, 0.3) is 0 Å². The Kier molecular flexibility index (Phi) is 15.8. The van der Waals surface area contributed by atoms with Crippen molar-refractivity contribution in [3.8, 4) is 0 Å². The van der Waals surface area contributed by atoms with E-state index >= 15 is 0 Å². The SMILES string of the molecule is CCOP(=O)(/C=C/C(NC(=O)[C@H](Cc1ccccc1)NC(=O)[C@H](CO[C@H]1O[C@@H]2O[C@@]3(C)CC[C@H]4[C@H](C)CC[C@@H]([C@H]1C)[C@@]24OO3)NC(=O)OCc1ccccc1)c1ccccc1)OCC. The highest BCUT2D eigenvalue weighted by molar-refractivity contribution is 7.57. The van der Waals surface area contributed by atoms with Crippen molar-refractivity contribution in [2.45, 2.75) is 115 Å². The third kappa shape index (κ3) is 11.1. The summed E-state index contributed by atoms with van der Waals surface area (Å²) in [4.78, 5) is 54.8. The van der Waals surface area contributed by atoms with Crippen LogP contribution in [-0.2, 0) is 65.0 Å². The standard InChI is InChI=1S/C48H62N3O12P/c1-6-58-64(55,59-7-2)28-26-39(36-21-15-10-16-22-36)49-42(52)40(29-34-17-11-8-12-18-34)50-43(53)41(51-46(54)57-30-35-19-13-9-14-20-35)31-56-44-33(4)38-24-23-32(3)37-25-27-47(5)61-45(60-44)48(37,38)63-62-47/h8-22,26,28,32-33,37-41,44-45H,6-7,23-25,27,29-31H2,1-5H3,(H,49,52)(H,50,53)(H,51,54)/b28-26+/t32-,33-,37+,38+,39?,40+,41+,44+,45-,47-,48-/m1/s1. The van der Waals surface area contributed by atoms with Crippen LogP contribution >= 0.6 is 7.60 Å². The molecule has 0 radical (unpaired) electrons. The molecule has 4 saturated heterocycles. The quantitative estimate of drug-likeness (QED) is 0.0785. The van der Waals surface area contributed by atoms with Crippen molar-refractivity contribution < 1.29 is 56.7 Å². The van der Waals surface area contributed by atoms with Gasteiger partial charge in [-0.1, -0.05) is 105 Å². The summed E-state index contributed by atoms with van der Waals surface area (Å²) in [6.45, 7) is 9.48. The predicted molar refractivity (Wildman–Crippen MR) is 236 cm³/mol. The number of fused-ring (bicyclic) bond motifs is 2. The lowest BCUT2D eigenvalue weighted by atomic mass is 9.58. The molecule has 346 valence electrons. The highest BCUT2D eigenvalue weighted by atomic mass is 31.2. The number of hydrogen-bond acceptors (Lipinski definition) is 12. The molecule has 2 bridgehead atoms. The van der Waals surface area contributed by atoms with E-state index < -0.39 is 67.6 Å². The molecule has 11 atom stereocenters. The molecule has 0 aromatic heterocycles. The zero-order valence-corrected chi connectivity index (χ0v) is 38.1. The molecule has 3 N–H and O–H groups in total. The van der Waals surface area contributed by atoms with Crippen molar-refractivity contribution in [2.75, 3.05) is 19.8 Å². The molecule has 1 unspecified atom stereocenters. The summed E-state index contributed by atoms with van der Waals surface area (Å²) < 4.78 is 49.6. The van der Waals surface area contributed by atoms with E-state index in [0.29, 0.717) is 17.9 Å². The molecule has 64 heavy (non-hydrogen) atoms. The number of amides is 3. The molecular weight excluding hydrogens is 842 g/mol. The molecule has 1 spiro atoms. The molecule has 3 amide bonds. The van der Waals surface area contributed by atoms with Crippen molar-refractivity contribution in [3.63, 3.8) is 0 Å². The molecule has 15 nitrogen and oxygen atoms in total. The van der Waals surface area contributed by atoms with Gasteiger partial charge >= 0.3 is 13.7 Å². The lowest BCUT2D eigenvalue weighted by molar-refractivity contribution is -0.577. The number of hydrogen-bond donors (Lipinski definition) is 3. The minimum atomic E-state index is -3.64. The summed E-state index contributed by atoms with van der Waals surface area (Å²) in [5.41, 5.74) is 1.39. The Balaban J connectivity index is 1.13. The Morgan fingerprint density at radius 3 is 2.11 bits per heavy atom. The molecule has 3 aromatic carbocycles. The monoisotopic (exact) mass is 903 g/mol. The normalized spacial score (nSPS) is 28.8. The predicted octanol–water partition coefficient (Wildman–Crippen LogP) is 7.87. The highest BCUT2D eigenvalue weighted by Gasteiger charge is 2.69. The van der Waals surface area contributed by atoms with Crippen molar-refractivity contribution in [1.82, 2.24) is 16.0 Å². The summed E-state index contributed by atoms with van der Waals surface area (Å²) in [6.07, 6.45) is 2.51. The van der Waals surface area contributed by atoms with Crippen LogP contribution in [0.2, 0.25) is 0 Å². The fourth-order valence-corrected chi connectivity index (χ4v) is 10.9. The van der Waals surface area contributed by atoms with Crippen LogP contribution in [0.5, 0.6) is 0 Å². The van der Waals surface area contributed by atoms with Crippen LogP contribution in [-0.4, -0.2) is 73.8 Å². The van der Waals surface area contributed by atoms with Crippen molar-refractivity contribution in [1.29, 1.82) is 0 Å². The van der Waals surface area contributed by atoms with Gasteiger partial charge in [-0.2, -0.15) is 0 Å². The molecular formula is C48H62N3O12P. The zero-order valence-electron chi connectivity index (χ0n) is 37.2. The number of carbonyl (C=O) groups is 3. The Bertz CT molecular complexity index is 2090. The summed E-state index contributed by atoms with van der Waals surface area (Å²) >= 11 is 0. The van der Waals surface area contributed by atoms with Gasteiger partial charge < -0.3 is 43.9 Å². The average Bonchev–Trinajstić information content (AvgIpc) is 3.53. The fourth-order valence-electron chi connectivity index (χ4n) is 9.51. The summed E-state index contributed by atoms with van der Waals surface area (Å²) in [7, 11) is -3.64. The first-order valence-electron chi connectivity index (χ1n) is 22.4. The van der Waals surface area contributed by atoms with Gasteiger partial charge in [0.2, 0.25) is 17.6 Å². The number of ether oxygens (including phenoxy) is 4. The van der Waals surface area contributed by atoms with Gasteiger partial charge in [0.25, 0.3) is 0 Å². The third-order valence-electron chi connectivity index (χ3n) is 12.8. The number of alkyl carbamates (subject to hydrolysis) is 1. The number of benzene rings is 3. The lowest BCUT2D eigenvalue weighted by Crippen LogP contribution is -2.70. The highest BCUT2D eigenvalue weighted by Crippen LogP contribution is 2.60. The first kappa shape index (κ1) is 47.5. The van der Waals surface area contributed by atoms with Gasteiger partial charge in [0.15, 0.2) is 18.2 Å². The van der Waals surface area contributed by atoms with Crippen LogP contribution < -0.4 is 16.0 Å². The second kappa shape index (κ2) is 21.2. The van der Waals surface area contributed by atoms with Crippen molar-refractivity contribution in [2.24, 2.45) is 23.7 Å². The molecule has 1 saturated carbocycles. The minimum absolute atomic E-state index is 0.0409. The van der Waals surface area contributed by atoms with E-state index in [4.69, 9.17) is 37.8 Å². The van der Waals surface area contributed by atoms with Gasteiger partial charge in [0.1, 0.15) is 18.7 Å². The van der Waals surface area contributed by atoms with E-state index in [1.165, 1.54) is 5.82 Å². The zero-order chi connectivity index (χ0) is 45.3. The number of carbonyl (C=O) groups excluding carboxylic acids is 3. The van der Waals surface area contributed by atoms with Crippen LogP contribution in [0.3, 0.4) is 0 Å². The number of nitrogens with one attached hydrogen (secondary N) is 3. The summed E-state index contributed by atoms with van der Waals surface area (Å²) in [6, 6.07) is 24.2. The smallest absolute Gasteiger partial charge is 0.408 e. The van der Waals surface area contributed by atoms with E-state index in [9.17, 15) is 18.9 Å². The van der Waals surface area contributed by atoms with E-state index in [-0.39, 0.29) is 50.6 Å². The van der Waals surface area contributed by atoms with Gasteiger partial charge in [-0.05, 0) is 74.6 Å². The second-order valence-corrected chi connectivity index (χ2v) is 19.1.